The Bertz CT molecular complexity index is 795. The molecule has 2 unspecified atom stereocenters. The van der Waals surface area contributed by atoms with Gasteiger partial charge < -0.3 is 24.6 Å². The van der Waals surface area contributed by atoms with Gasteiger partial charge in [-0.1, -0.05) is 0 Å². The number of aromatic nitrogens is 1. The van der Waals surface area contributed by atoms with Crippen molar-refractivity contribution >= 4 is 17.8 Å². The van der Waals surface area contributed by atoms with E-state index in [-0.39, 0.29) is 23.3 Å². The number of ether oxygens (including phenoxy) is 3. The topological polar surface area (TPSA) is 130 Å². The van der Waals surface area contributed by atoms with Gasteiger partial charge in [0.25, 0.3) is 12.1 Å². The van der Waals surface area contributed by atoms with E-state index in [4.69, 9.17) is 14.2 Å². The average Bonchev–Trinajstić information content (AvgIpc) is 2.69. The Labute approximate surface area is 162 Å². The van der Waals surface area contributed by atoms with Gasteiger partial charge in [-0.15, -0.1) is 0 Å². The number of pyridine rings is 1. The highest BCUT2D eigenvalue weighted by atomic mass is 16.7. The largest absolute Gasteiger partial charge is 0.430 e. The van der Waals surface area contributed by atoms with Crippen molar-refractivity contribution in [3.05, 3.63) is 36.0 Å². The van der Waals surface area contributed by atoms with Crippen LogP contribution in [0.4, 0.5) is 0 Å². The van der Waals surface area contributed by atoms with Gasteiger partial charge in [0, 0.05) is 31.8 Å². The third kappa shape index (κ3) is 4.12. The van der Waals surface area contributed by atoms with Crippen LogP contribution in [0.5, 0.6) is 5.88 Å². The molecule has 2 aliphatic heterocycles. The first-order valence-electron chi connectivity index (χ1n) is 8.50. The molecule has 1 aromatic heterocycles. The van der Waals surface area contributed by atoms with Crippen molar-refractivity contribution < 1.29 is 34.1 Å². The van der Waals surface area contributed by atoms with Gasteiger partial charge in [-0.25, -0.2) is 14.6 Å². The maximum absolute atomic E-state index is 12.8. The van der Waals surface area contributed by atoms with Crippen LogP contribution >= 0.6 is 0 Å². The molecule has 0 spiro atoms. The molecule has 0 bridgehead atoms. The minimum absolute atomic E-state index is 0. The highest BCUT2D eigenvalue weighted by molar-refractivity contribution is 5.97. The van der Waals surface area contributed by atoms with Crippen LogP contribution in [0.25, 0.3) is 0 Å². The van der Waals surface area contributed by atoms with E-state index < -0.39 is 29.9 Å². The third-order valence-corrected chi connectivity index (χ3v) is 4.31. The van der Waals surface area contributed by atoms with Gasteiger partial charge in [-0.2, -0.15) is 0 Å². The summed E-state index contributed by atoms with van der Waals surface area (Å²) in [4.78, 5) is 44.4. The first kappa shape index (κ1) is 21.3. The predicted octanol–water partition coefficient (Wildman–Crippen LogP) is -0.258. The summed E-state index contributed by atoms with van der Waals surface area (Å²) in [5, 5.41) is 0. The third-order valence-electron chi connectivity index (χ3n) is 4.31. The van der Waals surface area contributed by atoms with E-state index in [0.29, 0.717) is 13.0 Å². The van der Waals surface area contributed by atoms with Gasteiger partial charge in [0.2, 0.25) is 5.88 Å². The van der Waals surface area contributed by atoms with E-state index in [2.05, 4.69) is 4.98 Å². The van der Waals surface area contributed by atoms with Crippen LogP contribution in [0.2, 0.25) is 0 Å². The van der Waals surface area contributed by atoms with Gasteiger partial charge in [-0.05, 0) is 39.2 Å². The molecule has 2 aliphatic rings. The van der Waals surface area contributed by atoms with Gasteiger partial charge >= 0.3 is 17.7 Å². The summed E-state index contributed by atoms with van der Waals surface area (Å²) in [7, 11) is 5.27. The quantitative estimate of drug-likeness (QED) is 0.640. The number of esters is 2. The highest BCUT2D eigenvalue weighted by Crippen LogP contribution is 2.36. The summed E-state index contributed by atoms with van der Waals surface area (Å²) in [6.07, 6.45) is 2.89. The van der Waals surface area contributed by atoms with Crippen molar-refractivity contribution in [2.75, 3.05) is 27.7 Å². The van der Waals surface area contributed by atoms with Crippen LogP contribution in [-0.2, 0) is 19.1 Å². The molecule has 28 heavy (non-hydrogen) atoms. The van der Waals surface area contributed by atoms with Gasteiger partial charge in [0.1, 0.15) is 5.56 Å². The first-order chi connectivity index (χ1) is 12.8. The average molecular weight is 393 g/mol. The monoisotopic (exact) mass is 393 g/mol. The maximum Gasteiger partial charge on any atom is 0.334 e. The van der Waals surface area contributed by atoms with Crippen molar-refractivity contribution in [3.8, 4) is 5.88 Å². The highest BCUT2D eigenvalue weighted by Gasteiger charge is 2.54. The second-order valence-electron chi connectivity index (χ2n) is 6.64. The van der Waals surface area contributed by atoms with Gasteiger partial charge in [-0.3, -0.25) is 9.69 Å². The number of fused-ring (bicyclic) bond motifs is 2. The van der Waals surface area contributed by atoms with E-state index in [1.807, 2.05) is 19.0 Å². The SMILES string of the molecule is CN(C)CCCC12OC(=O)/C=C/C(=O)OC1N(C)C(=O)c1cccnc1O2.O. The zero-order chi connectivity index (χ0) is 19.6. The van der Waals surface area contributed by atoms with Gasteiger partial charge in [0.05, 0.1) is 0 Å². The minimum Gasteiger partial charge on any atom is -0.430 e. The molecule has 0 fully saturated rings. The van der Waals surface area contributed by atoms with Crippen molar-refractivity contribution in [3.63, 3.8) is 0 Å². The van der Waals surface area contributed by atoms with Crippen LogP contribution in [0.15, 0.2) is 30.5 Å². The second-order valence-corrected chi connectivity index (χ2v) is 6.64. The summed E-state index contributed by atoms with van der Waals surface area (Å²) in [6, 6.07) is 3.15. The lowest BCUT2D eigenvalue weighted by Crippen LogP contribution is -2.60. The van der Waals surface area contributed by atoms with Crippen LogP contribution in [0, 0.1) is 0 Å². The molecule has 1 amide bonds. The van der Waals surface area contributed by atoms with Crippen molar-refractivity contribution in [2.24, 2.45) is 0 Å². The van der Waals surface area contributed by atoms with E-state index in [9.17, 15) is 14.4 Å². The van der Waals surface area contributed by atoms with Crippen molar-refractivity contribution in [1.82, 2.24) is 14.8 Å². The lowest BCUT2D eigenvalue weighted by Gasteiger charge is -2.40. The Balaban J connectivity index is 0.00000280. The first-order valence-corrected chi connectivity index (χ1v) is 8.50. The fraction of sp³-hybridized carbons (Fsp3) is 0.444. The fourth-order valence-electron chi connectivity index (χ4n) is 3.04. The predicted molar refractivity (Wildman–Crippen MR) is 96.2 cm³/mol. The van der Waals surface area contributed by atoms with E-state index in [1.54, 1.807) is 12.1 Å². The van der Waals surface area contributed by atoms with Gasteiger partial charge in [0.15, 0.2) is 0 Å². The Morgan fingerprint density at radius 1 is 1.18 bits per heavy atom. The Morgan fingerprint density at radius 3 is 2.61 bits per heavy atom. The lowest BCUT2D eigenvalue weighted by atomic mass is 10.1. The molecule has 0 aromatic carbocycles. The molecule has 152 valence electrons. The summed E-state index contributed by atoms with van der Waals surface area (Å²) >= 11 is 0. The van der Waals surface area contributed by atoms with E-state index in [0.717, 1.165) is 12.2 Å². The molecule has 0 radical (unpaired) electrons. The second kappa shape index (κ2) is 8.36. The van der Waals surface area contributed by atoms with Crippen molar-refractivity contribution in [1.29, 1.82) is 0 Å². The molecule has 0 saturated carbocycles. The van der Waals surface area contributed by atoms with Crippen LogP contribution in [-0.4, -0.2) is 77.8 Å². The number of amides is 1. The van der Waals surface area contributed by atoms with Crippen LogP contribution in [0.3, 0.4) is 0 Å². The molecule has 3 heterocycles. The molecule has 3 rings (SSSR count). The van der Waals surface area contributed by atoms with Crippen LogP contribution in [0.1, 0.15) is 23.2 Å². The zero-order valence-corrected chi connectivity index (χ0v) is 15.9. The summed E-state index contributed by atoms with van der Waals surface area (Å²) in [5.41, 5.74) is 0.193. The molecule has 0 saturated heterocycles. The number of rotatable bonds is 4. The molecular weight excluding hydrogens is 370 g/mol. The number of hydrogen-bond donors (Lipinski definition) is 0. The maximum atomic E-state index is 12.8. The smallest absolute Gasteiger partial charge is 0.334 e. The molecule has 10 nitrogen and oxygen atoms in total. The molecule has 0 aliphatic carbocycles. The normalized spacial score (nSPS) is 25.1. The molecule has 2 atom stereocenters. The molecule has 2 N–H and O–H groups in total. The van der Waals surface area contributed by atoms with Crippen molar-refractivity contribution in [2.45, 2.75) is 24.9 Å². The Morgan fingerprint density at radius 2 is 1.89 bits per heavy atom. The number of likely N-dealkylation sites (N-methyl/N-ethyl adjacent to an activating group) is 1. The molecule has 10 heteroatoms. The summed E-state index contributed by atoms with van der Waals surface area (Å²) in [6.45, 7) is 0.673. The Hall–Kier alpha value is -2.98. The summed E-state index contributed by atoms with van der Waals surface area (Å²) in [5.74, 6) is -3.67. The van der Waals surface area contributed by atoms with Crippen LogP contribution < -0.4 is 4.74 Å². The molecular formula is C18H23N3O7. The number of nitrogens with zero attached hydrogens (tertiary/aromatic N) is 3. The molecule has 1 aromatic rings. The number of carbonyl (C=O) groups excluding carboxylic acids is 3. The minimum atomic E-state index is -1.71. The lowest BCUT2D eigenvalue weighted by molar-refractivity contribution is -0.261. The Kier molecular flexibility index (Phi) is 6.37. The number of hydrogen-bond acceptors (Lipinski definition) is 8. The number of carbonyl (C=O) groups is 3. The zero-order valence-electron chi connectivity index (χ0n) is 15.9. The fourth-order valence-corrected chi connectivity index (χ4v) is 3.04. The van der Waals surface area contributed by atoms with E-state index >= 15 is 0 Å². The van der Waals surface area contributed by atoms with E-state index in [1.165, 1.54) is 18.1 Å². The summed E-state index contributed by atoms with van der Waals surface area (Å²) < 4.78 is 17.0. The standard InChI is InChI=1S/C18H21N3O6.H2O/c1-20(2)11-5-9-18-17(25-13(22)7-8-14(23)26-18)21(3)16(24)12-6-4-10-19-15(12)27-18;/h4,6-8,10,17H,5,9,11H2,1-3H3;1H2/b8-7+;.